The van der Waals surface area contributed by atoms with Crippen molar-refractivity contribution in [2.45, 2.75) is 12.2 Å². The van der Waals surface area contributed by atoms with Crippen LogP contribution in [0.5, 0.6) is 11.5 Å². The summed E-state index contributed by atoms with van der Waals surface area (Å²) in [6, 6.07) is 4.19. The fourth-order valence-corrected chi connectivity index (χ4v) is 2.94. The minimum absolute atomic E-state index is 0.0973. The van der Waals surface area contributed by atoms with Gasteiger partial charge in [0.15, 0.2) is 0 Å². The molecule has 1 atom stereocenters. The summed E-state index contributed by atoms with van der Waals surface area (Å²) in [5, 5.41) is -2.29. The van der Waals surface area contributed by atoms with Crippen molar-refractivity contribution in [2.75, 3.05) is 14.2 Å². The van der Waals surface area contributed by atoms with Gasteiger partial charge in [0.2, 0.25) is 0 Å². The molecule has 1 aromatic rings. The Bertz CT molecular complexity index is 506. The topological polar surface area (TPSA) is 52.6 Å². The Morgan fingerprint density at radius 1 is 1.47 bits per heavy atom. The molecule has 1 aromatic carbocycles. The van der Waals surface area contributed by atoms with Crippen LogP contribution in [-0.4, -0.2) is 26.9 Å². The second kappa shape index (κ2) is 4.64. The molecular formula is C10H14O4Se. The van der Waals surface area contributed by atoms with Gasteiger partial charge in [-0.25, -0.2) is 0 Å². The number of ether oxygens (including phenoxy) is 2. The first-order valence-electron chi connectivity index (χ1n) is 5.20. The Morgan fingerprint density at radius 2 is 2.13 bits per heavy atom. The van der Waals surface area contributed by atoms with E-state index in [0.717, 1.165) is 6.92 Å². The zero-order valence-electron chi connectivity index (χ0n) is 10.8. The van der Waals surface area contributed by atoms with Gasteiger partial charge >= 0.3 is 93.2 Å². The fraction of sp³-hybridized carbons (Fsp3) is 0.400. The summed E-state index contributed by atoms with van der Waals surface area (Å²) in [4.78, 5) is 0. The van der Waals surface area contributed by atoms with Gasteiger partial charge in [-0.15, -0.1) is 0 Å². The predicted molar refractivity (Wildman–Crippen MR) is 56.8 cm³/mol. The van der Waals surface area contributed by atoms with Gasteiger partial charge in [0, 0.05) is 0 Å². The molecule has 4 nitrogen and oxygen atoms in total. The summed E-state index contributed by atoms with van der Waals surface area (Å²) in [7, 11) is 2.78. The number of benzene rings is 1. The molecule has 0 aromatic heterocycles. The van der Waals surface area contributed by atoms with Crippen molar-refractivity contribution >= 4 is 17.2 Å². The van der Waals surface area contributed by atoms with Gasteiger partial charge in [-0.1, -0.05) is 0 Å². The second-order valence-corrected chi connectivity index (χ2v) is 6.62. The van der Waals surface area contributed by atoms with Crippen LogP contribution in [0.15, 0.2) is 18.2 Å². The predicted octanol–water partition coefficient (Wildman–Crippen LogP) is 1.23. The first-order valence-corrected chi connectivity index (χ1v) is 7.32. The molecule has 0 fully saturated rings. The monoisotopic (exact) mass is 280 g/mol. The van der Waals surface area contributed by atoms with Crippen molar-refractivity contribution in [2.24, 2.45) is 0 Å². The van der Waals surface area contributed by atoms with Gasteiger partial charge in [0.1, 0.15) is 0 Å². The fourth-order valence-electron chi connectivity index (χ4n) is 1.11. The molecule has 0 aliphatic heterocycles. The molecule has 0 aliphatic rings. The molecule has 84 valence electrons. The SMILES string of the molecule is [1H][13C]([2H])(C)[Se](=O)(=O)c1ccc(OC)cc1OC. The van der Waals surface area contributed by atoms with E-state index in [2.05, 4.69) is 0 Å². The van der Waals surface area contributed by atoms with Crippen LogP contribution >= 0.6 is 0 Å². The number of methoxy groups -OCH3 is 2. The maximum absolute atomic E-state index is 12.0. The average molecular weight is 279 g/mol. The standard InChI is InChI=1S/C10H14O4Se/c1-4-15(11,12)10-6-5-8(13-2)7-9(10)14-3/h5-7H,4H2,1-3H3/i4+1DH. The van der Waals surface area contributed by atoms with Gasteiger partial charge in [-0.05, 0) is 0 Å². The van der Waals surface area contributed by atoms with E-state index in [-0.39, 0.29) is 10.2 Å². The van der Waals surface area contributed by atoms with E-state index in [1.807, 2.05) is 0 Å². The van der Waals surface area contributed by atoms with Crippen LogP contribution in [0.3, 0.4) is 0 Å². The van der Waals surface area contributed by atoms with Crippen molar-refractivity contribution in [3.8, 4) is 11.5 Å². The Hall–Kier alpha value is -1.06. The van der Waals surface area contributed by atoms with Crippen molar-refractivity contribution < 1.29 is 19.9 Å². The maximum atomic E-state index is 12.0. The zero-order chi connectivity index (χ0) is 13.3. The van der Waals surface area contributed by atoms with Crippen molar-refractivity contribution in [1.82, 2.24) is 0 Å². The summed E-state index contributed by atoms with van der Waals surface area (Å²) in [5.41, 5.74) is 0. The van der Waals surface area contributed by atoms with E-state index in [4.69, 9.17) is 12.2 Å². The molecule has 5 heteroatoms. The third-order valence-corrected chi connectivity index (χ3v) is 4.98. The molecule has 0 bridgehead atoms. The first kappa shape index (κ1) is 9.19. The van der Waals surface area contributed by atoms with Crippen LogP contribution in [0, 0.1) is 0 Å². The Labute approximate surface area is 93.6 Å². The van der Waals surface area contributed by atoms with Crippen molar-refractivity contribution in [1.29, 1.82) is 0 Å². The van der Waals surface area contributed by atoms with E-state index < -0.39 is 18.0 Å². The van der Waals surface area contributed by atoms with Gasteiger partial charge in [0.25, 0.3) is 0 Å². The molecule has 0 radical (unpaired) electrons. The number of hydrogen-bond donors (Lipinski definition) is 0. The number of rotatable bonds is 4. The molecular weight excluding hydrogens is 264 g/mol. The Kier molecular flexibility index (Phi) is 2.84. The van der Waals surface area contributed by atoms with Gasteiger partial charge < -0.3 is 0 Å². The molecule has 1 rings (SSSR count). The van der Waals surface area contributed by atoms with Crippen LogP contribution < -0.4 is 13.9 Å². The summed E-state index contributed by atoms with van der Waals surface area (Å²) in [6.45, 7) is 1.02. The van der Waals surface area contributed by atoms with Crippen LogP contribution in [0.2, 0.25) is 5.27 Å². The van der Waals surface area contributed by atoms with E-state index in [1.54, 1.807) is 0 Å². The minimum atomic E-state index is -4.93. The summed E-state index contributed by atoms with van der Waals surface area (Å²) in [5.74, 6) is 0.551. The van der Waals surface area contributed by atoms with Crippen molar-refractivity contribution in [3.05, 3.63) is 18.2 Å². The molecule has 0 heterocycles. The Balaban J connectivity index is 3.43. The first-order chi connectivity index (χ1) is 7.74. The third kappa shape index (κ3) is 2.49. The van der Waals surface area contributed by atoms with Gasteiger partial charge in [-0.2, -0.15) is 0 Å². The molecule has 15 heavy (non-hydrogen) atoms. The second-order valence-electron chi connectivity index (χ2n) is 2.72. The van der Waals surface area contributed by atoms with Crippen LogP contribution in [0.4, 0.5) is 0 Å². The Morgan fingerprint density at radius 3 is 2.60 bits per heavy atom. The molecule has 0 N–H and O–H groups in total. The summed E-state index contributed by atoms with van der Waals surface area (Å²) < 4.78 is 48.6. The van der Waals surface area contributed by atoms with Crippen molar-refractivity contribution in [3.63, 3.8) is 0 Å². The van der Waals surface area contributed by atoms with Crippen LogP contribution in [-0.2, 0) is 7.67 Å². The van der Waals surface area contributed by atoms with Crippen LogP contribution in [0.1, 0.15) is 9.67 Å². The van der Waals surface area contributed by atoms with Crippen LogP contribution in [0.25, 0.3) is 0 Å². The molecule has 0 spiro atoms. The molecule has 0 aliphatic carbocycles. The summed E-state index contributed by atoms with van der Waals surface area (Å²) >= 11 is -4.93. The van der Waals surface area contributed by atoms with Gasteiger partial charge in [0.05, 0.1) is 0 Å². The molecule has 0 saturated carbocycles. The molecule has 1 unspecified atom stereocenters. The van der Waals surface area contributed by atoms with Gasteiger partial charge in [-0.3, -0.25) is 0 Å². The quantitative estimate of drug-likeness (QED) is 0.614. The van der Waals surface area contributed by atoms with E-state index in [1.165, 1.54) is 32.4 Å². The zero-order valence-corrected chi connectivity index (χ0v) is 10.5. The normalized spacial score (nSPS) is 17.3. The van der Waals surface area contributed by atoms with E-state index in [0.29, 0.717) is 5.75 Å². The molecule has 0 saturated heterocycles. The van der Waals surface area contributed by atoms with E-state index >= 15 is 0 Å². The number of hydrogen-bond acceptors (Lipinski definition) is 4. The third-order valence-electron chi connectivity index (χ3n) is 1.93. The summed E-state index contributed by atoms with van der Waals surface area (Å²) in [6.07, 6.45) is 0. The molecule has 0 amide bonds. The van der Waals surface area contributed by atoms with E-state index in [9.17, 15) is 7.67 Å². The average Bonchev–Trinajstić information content (AvgIpc) is 2.26.